The van der Waals surface area contributed by atoms with Gasteiger partial charge < -0.3 is 9.32 Å². The van der Waals surface area contributed by atoms with Crippen LogP contribution in [0.2, 0.25) is 0 Å². The Bertz CT molecular complexity index is 576. The fourth-order valence-electron chi connectivity index (χ4n) is 2.59. The van der Waals surface area contributed by atoms with Gasteiger partial charge in [-0.3, -0.25) is 4.79 Å². The summed E-state index contributed by atoms with van der Waals surface area (Å²) in [6.45, 7) is 2.81. The van der Waals surface area contributed by atoms with Crippen LogP contribution in [0.15, 0.2) is 39.2 Å². The van der Waals surface area contributed by atoms with Gasteiger partial charge in [0.1, 0.15) is 5.76 Å². The maximum atomic E-state index is 12.4. The van der Waals surface area contributed by atoms with Crippen molar-refractivity contribution in [2.24, 2.45) is 0 Å². The molecule has 106 valence electrons. The van der Waals surface area contributed by atoms with E-state index < -0.39 is 0 Å². The van der Waals surface area contributed by atoms with Crippen LogP contribution in [0.1, 0.15) is 29.5 Å². The van der Waals surface area contributed by atoms with E-state index in [-0.39, 0.29) is 11.9 Å². The summed E-state index contributed by atoms with van der Waals surface area (Å²) in [5, 5.41) is 2.08. The van der Waals surface area contributed by atoms with E-state index in [1.807, 2.05) is 17.9 Å². The summed E-state index contributed by atoms with van der Waals surface area (Å²) < 4.78 is 5.26. The molecule has 0 bridgehead atoms. The number of thioether (sulfide) groups is 1. The van der Waals surface area contributed by atoms with E-state index in [0.29, 0.717) is 5.75 Å². The summed E-state index contributed by atoms with van der Waals surface area (Å²) >= 11 is 3.31. The molecule has 3 rings (SSSR count). The molecule has 1 aliphatic heterocycles. The summed E-state index contributed by atoms with van der Waals surface area (Å²) in [4.78, 5) is 16.8. The Morgan fingerprint density at radius 2 is 2.45 bits per heavy atom. The average molecular weight is 307 g/mol. The molecule has 1 atom stereocenters. The van der Waals surface area contributed by atoms with Crippen LogP contribution >= 0.6 is 23.1 Å². The lowest BCUT2D eigenvalue weighted by molar-refractivity contribution is -0.129. The topological polar surface area (TPSA) is 33.5 Å². The Morgan fingerprint density at radius 1 is 1.55 bits per heavy atom. The molecule has 1 amide bonds. The maximum absolute atomic E-state index is 12.4. The normalized spacial score (nSPS) is 18.6. The third kappa shape index (κ3) is 2.79. The van der Waals surface area contributed by atoms with Crippen molar-refractivity contribution in [3.8, 4) is 0 Å². The van der Waals surface area contributed by atoms with Crippen molar-refractivity contribution in [3.05, 3.63) is 40.5 Å². The summed E-state index contributed by atoms with van der Waals surface area (Å²) in [5.41, 5.74) is 0. The van der Waals surface area contributed by atoms with Crippen molar-refractivity contribution in [2.75, 3.05) is 12.3 Å². The Kier molecular flexibility index (Phi) is 4.17. The van der Waals surface area contributed by atoms with Crippen molar-refractivity contribution >= 4 is 29.0 Å². The lowest BCUT2D eigenvalue weighted by Crippen LogP contribution is -2.31. The summed E-state index contributed by atoms with van der Waals surface area (Å²) in [7, 11) is 0. The number of nitrogens with zero attached hydrogens (tertiary/aromatic N) is 1. The summed E-state index contributed by atoms with van der Waals surface area (Å²) in [6, 6.07) is 6.40. The number of hydrogen-bond acceptors (Lipinski definition) is 4. The van der Waals surface area contributed by atoms with Crippen molar-refractivity contribution in [2.45, 2.75) is 30.7 Å². The number of aryl methyl sites for hydroxylation is 1. The molecule has 0 spiro atoms. The van der Waals surface area contributed by atoms with Crippen LogP contribution in [-0.2, 0) is 4.79 Å². The molecule has 0 aliphatic carbocycles. The number of carbonyl (C=O) groups excluding carboxylic acids is 1. The fourth-order valence-corrected chi connectivity index (χ4v) is 4.31. The van der Waals surface area contributed by atoms with Crippen LogP contribution in [-0.4, -0.2) is 23.1 Å². The number of likely N-dealkylation sites (tertiary alicyclic amines) is 1. The Labute approximate surface area is 127 Å². The SMILES string of the molecule is Cc1occc1SCC(=O)N1CCCC1c1cccs1. The van der Waals surface area contributed by atoms with Crippen molar-refractivity contribution in [1.82, 2.24) is 4.90 Å². The summed E-state index contributed by atoms with van der Waals surface area (Å²) in [6.07, 6.45) is 3.86. The molecule has 3 heterocycles. The van der Waals surface area contributed by atoms with E-state index in [9.17, 15) is 4.79 Å². The Hall–Kier alpha value is -1.20. The molecule has 2 aromatic heterocycles. The van der Waals surface area contributed by atoms with Crippen LogP contribution in [0.5, 0.6) is 0 Å². The predicted octanol–water partition coefficient (Wildman–Crippen LogP) is 4.11. The van der Waals surface area contributed by atoms with Crippen LogP contribution in [0.3, 0.4) is 0 Å². The molecular formula is C15H17NO2S2. The van der Waals surface area contributed by atoms with Gasteiger partial charge in [0.2, 0.25) is 5.91 Å². The molecule has 2 aromatic rings. The van der Waals surface area contributed by atoms with Gasteiger partial charge >= 0.3 is 0 Å². The first-order chi connectivity index (χ1) is 9.75. The van der Waals surface area contributed by atoms with Crippen LogP contribution in [0.4, 0.5) is 0 Å². The highest BCUT2D eigenvalue weighted by molar-refractivity contribution is 8.00. The molecule has 0 aromatic carbocycles. The zero-order valence-electron chi connectivity index (χ0n) is 11.4. The standard InChI is InChI=1S/C15H17NO2S2/c1-11-13(6-8-18-11)20-10-15(17)16-7-2-4-12(16)14-5-3-9-19-14/h3,5-6,8-9,12H,2,4,7,10H2,1H3. The molecule has 1 unspecified atom stereocenters. The number of thiophene rings is 1. The minimum Gasteiger partial charge on any atom is -0.468 e. The molecule has 0 radical (unpaired) electrons. The molecule has 1 fully saturated rings. The first-order valence-electron chi connectivity index (χ1n) is 6.75. The van der Waals surface area contributed by atoms with Crippen LogP contribution in [0, 0.1) is 6.92 Å². The van der Waals surface area contributed by atoms with Gasteiger partial charge in [0, 0.05) is 16.3 Å². The highest BCUT2D eigenvalue weighted by Gasteiger charge is 2.30. The molecule has 5 heteroatoms. The van der Waals surface area contributed by atoms with E-state index in [4.69, 9.17) is 4.42 Å². The lowest BCUT2D eigenvalue weighted by atomic mass is 10.2. The second-order valence-corrected chi connectivity index (χ2v) is 6.89. The highest BCUT2D eigenvalue weighted by atomic mass is 32.2. The Balaban J connectivity index is 1.63. The van der Waals surface area contributed by atoms with Gasteiger partial charge in [-0.1, -0.05) is 6.07 Å². The molecule has 3 nitrogen and oxygen atoms in total. The van der Waals surface area contributed by atoms with E-state index >= 15 is 0 Å². The van der Waals surface area contributed by atoms with E-state index in [1.165, 1.54) is 4.88 Å². The fraction of sp³-hybridized carbons (Fsp3) is 0.400. The second kappa shape index (κ2) is 6.06. The van der Waals surface area contributed by atoms with Gasteiger partial charge in [0.05, 0.1) is 18.1 Å². The Morgan fingerprint density at radius 3 is 3.15 bits per heavy atom. The number of hydrogen-bond donors (Lipinski definition) is 0. The van der Waals surface area contributed by atoms with Crippen molar-refractivity contribution in [1.29, 1.82) is 0 Å². The molecule has 20 heavy (non-hydrogen) atoms. The minimum absolute atomic E-state index is 0.228. The second-order valence-electron chi connectivity index (χ2n) is 4.89. The van der Waals surface area contributed by atoms with Crippen LogP contribution < -0.4 is 0 Å². The van der Waals surface area contributed by atoms with Gasteiger partial charge in [-0.25, -0.2) is 0 Å². The zero-order valence-corrected chi connectivity index (χ0v) is 13.0. The number of rotatable bonds is 4. The van der Waals surface area contributed by atoms with Gasteiger partial charge in [-0.2, -0.15) is 0 Å². The van der Waals surface area contributed by atoms with E-state index in [2.05, 4.69) is 17.5 Å². The van der Waals surface area contributed by atoms with Gasteiger partial charge in [0.15, 0.2) is 0 Å². The number of carbonyl (C=O) groups is 1. The molecular weight excluding hydrogens is 290 g/mol. The average Bonchev–Trinajstić information content (AvgIpc) is 3.17. The van der Waals surface area contributed by atoms with Gasteiger partial charge in [0.25, 0.3) is 0 Å². The first kappa shape index (κ1) is 13.8. The molecule has 1 aliphatic rings. The third-order valence-corrected chi connectivity index (χ3v) is 5.71. The molecule has 0 N–H and O–H groups in total. The lowest BCUT2D eigenvalue weighted by Gasteiger charge is -2.23. The summed E-state index contributed by atoms with van der Waals surface area (Å²) in [5.74, 6) is 1.60. The van der Waals surface area contributed by atoms with Crippen molar-refractivity contribution < 1.29 is 9.21 Å². The van der Waals surface area contributed by atoms with Crippen LogP contribution in [0.25, 0.3) is 0 Å². The smallest absolute Gasteiger partial charge is 0.233 e. The van der Waals surface area contributed by atoms with Gasteiger partial charge in [-0.05, 0) is 37.3 Å². The van der Waals surface area contributed by atoms with E-state index in [1.54, 1.807) is 29.4 Å². The predicted molar refractivity (Wildman–Crippen MR) is 82.2 cm³/mol. The van der Waals surface area contributed by atoms with Gasteiger partial charge in [-0.15, -0.1) is 23.1 Å². The highest BCUT2D eigenvalue weighted by Crippen LogP contribution is 2.35. The zero-order chi connectivity index (χ0) is 13.9. The molecule has 1 saturated heterocycles. The number of furan rings is 1. The monoisotopic (exact) mass is 307 g/mol. The quantitative estimate of drug-likeness (QED) is 0.797. The molecule has 0 saturated carbocycles. The van der Waals surface area contributed by atoms with E-state index in [0.717, 1.165) is 30.0 Å². The van der Waals surface area contributed by atoms with Crippen molar-refractivity contribution in [3.63, 3.8) is 0 Å². The number of amides is 1. The minimum atomic E-state index is 0.228. The first-order valence-corrected chi connectivity index (χ1v) is 8.62. The largest absolute Gasteiger partial charge is 0.468 e. The third-order valence-electron chi connectivity index (χ3n) is 3.61. The maximum Gasteiger partial charge on any atom is 0.233 e.